The zero-order chi connectivity index (χ0) is 22.4. The van der Waals surface area contributed by atoms with Crippen molar-refractivity contribution < 1.29 is 18.7 Å². The lowest BCUT2D eigenvalue weighted by atomic mass is 10.2. The van der Waals surface area contributed by atoms with Gasteiger partial charge in [-0.1, -0.05) is 29.3 Å². The van der Waals surface area contributed by atoms with Crippen molar-refractivity contribution in [2.24, 2.45) is 0 Å². The van der Waals surface area contributed by atoms with Gasteiger partial charge >= 0.3 is 0 Å². The molecular weight excluding hydrogens is 461 g/mol. The number of halogens is 2. The fourth-order valence-electron chi connectivity index (χ4n) is 2.47. The smallest absolute Gasteiger partial charge is 0.291 e. The molecule has 0 spiro atoms. The maximum absolute atomic E-state index is 12.4. The summed E-state index contributed by atoms with van der Waals surface area (Å²) in [6.45, 7) is 1.56. The van der Waals surface area contributed by atoms with Gasteiger partial charge in [0, 0.05) is 16.4 Å². The topological polar surface area (TPSA) is 92.6 Å². The number of nitrogens with one attached hydrogen (secondary N) is 3. The zero-order valence-corrected chi connectivity index (χ0v) is 18.5. The summed E-state index contributed by atoms with van der Waals surface area (Å²) in [7, 11) is 0. The number of rotatable bonds is 6. The Kier molecular flexibility index (Phi) is 7.51. The van der Waals surface area contributed by atoms with Crippen molar-refractivity contribution in [2.45, 2.75) is 13.0 Å². The molecule has 0 saturated carbocycles. The van der Waals surface area contributed by atoms with Gasteiger partial charge in [-0.2, -0.15) is 0 Å². The Hall–Kier alpha value is -3.07. The Morgan fingerprint density at radius 2 is 1.77 bits per heavy atom. The van der Waals surface area contributed by atoms with E-state index in [9.17, 15) is 9.59 Å². The second kappa shape index (κ2) is 10.3. The van der Waals surface area contributed by atoms with E-state index in [0.717, 1.165) is 0 Å². The number of amides is 2. The van der Waals surface area contributed by atoms with E-state index < -0.39 is 12.0 Å². The third-order valence-electron chi connectivity index (χ3n) is 3.93. The maximum atomic E-state index is 12.4. The standard InChI is InChI=1S/C21H17Cl2N3O4S/c1-12(30-17-8-7-13(22)10-16(17)23)19(27)26-21(31)25-15-5-2-4-14(11-15)24-20(28)18-6-3-9-29-18/h2-12H,1H3,(H,24,28)(H2,25,26,27,31). The van der Waals surface area contributed by atoms with Gasteiger partial charge in [-0.25, -0.2) is 0 Å². The van der Waals surface area contributed by atoms with Crippen molar-refractivity contribution >= 4 is 63.7 Å². The molecule has 2 amide bonds. The Bertz CT molecular complexity index is 1110. The van der Waals surface area contributed by atoms with Crippen molar-refractivity contribution in [3.05, 3.63) is 76.7 Å². The van der Waals surface area contributed by atoms with Crippen LogP contribution in [0.5, 0.6) is 5.75 Å². The van der Waals surface area contributed by atoms with Crippen LogP contribution in [0.25, 0.3) is 0 Å². The van der Waals surface area contributed by atoms with Gasteiger partial charge in [0.2, 0.25) is 0 Å². The number of hydrogen-bond donors (Lipinski definition) is 3. The van der Waals surface area contributed by atoms with Crippen LogP contribution >= 0.6 is 35.4 Å². The van der Waals surface area contributed by atoms with Crippen LogP contribution in [0.2, 0.25) is 10.0 Å². The highest BCUT2D eigenvalue weighted by molar-refractivity contribution is 7.80. The molecule has 160 valence electrons. The first-order valence-corrected chi connectivity index (χ1v) is 10.2. The molecule has 1 atom stereocenters. The molecule has 1 aromatic heterocycles. The van der Waals surface area contributed by atoms with Gasteiger partial charge < -0.3 is 19.8 Å². The van der Waals surface area contributed by atoms with Crippen molar-refractivity contribution in [1.82, 2.24) is 5.32 Å². The lowest BCUT2D eigenvalue weighted by molar-refractivity contribution is -0.125. The summed E-state index contributed by atoms with van der Waals surface area (Å²) < 4.78 is 10.6. The van der Waals surface area contributed by atoms with Gasteiger partial charge in [-0.05, 0) is 67.7 Å². The number of benzene rings is 2. The monoisotopic (exact) mass is 477 g/mol. The summed E-state index contributed by atoms with van der Waals surface area (Å²) in [5, 5.41) is 8.96. The minimum absolute atomic E-state index is 0.0668. The third-order valence-corrected chi connectivity index (χ3v) is 4.66. The predicted octanol–water partition coefficient (Wildman–Crippen LogP) is 5.12. The molecule has 0 saturated heterocycles. The molecule has 0 radical (unpaired) electrons. The van der Waals surface area contributed by atoms with Crippen LogP contribution in [0.3, 0.4) is 0 Å². The van der Waals surface area contributed by atoms with Crippen LogP contribution < -0.4 is 20.7 Å². The summed E-state index contributed by atoms with van der Waals surface area (Å²) in [5.41, 5.74) is 1.09. The van der Waals surface area contributed by atoms with Gasteiger partial charge in [-0.15, -0.1) is 0 Å². The van der Waals surface area contributed by atoms with Crippen LogP contribution in [-0.2, 0) is 4.79 Å². The second-order valence-corrected chi connectivity index (χ2v) is 7.54. The minimum Gasteiger partial charge on any atom is -0.479 e. The largest absolute Gasteiger partial charge is 0.479 e. The Morgan fingerprint density at radius 3 is 2.45 bits per heavy atom. The van der Waals surface area contributed by atoms with E-state index in [1.807, 2.05) is 0 Å². The van der Waals surface area contributed by atoms with Crippen LogP contribution in [0.15, 0.2) is 65.3 Å². The summed E-state index contributed by atoms with van der Waals surface area (Å²) in [6, 6.07) is 14.7. The normalized spacial score (nSPS) is 11.3. The molecule has 31 heavy (non-hydrogen) atoms. The molecule has 3 rings (SSSR count). The quantitative estimate of drug-likeness (QED) is 0.426. The zero-order valence-electron chi connectivity index (χ0n) is 16.1. The Balaban J connectivity index is 1.55. The highest BCUT2D eigenvalue weighted by Gasteiger charge is 2.18. The molecule has 3 N–H and O–H groups in total. The van der Waals surface area contributed by atoms with Gasteiger partial charge in [0.15, 0.2) is 17.0 Å². The van der Waals surface area contributed by atoms with Crippen molar-refractivity contribution in [1.29, 1.82) is 0 Å². The fraction of sp³-hybridized carbons (Fsp3) is 0.0952. The van der Waals surface area contributed by atoms with Crippen LogP contribution in [0, 0.1) is 0 Å². The molecule has 0 aliphatic rings. The molecule has 0 bridgehead atoms. The van der Waals surface area contributed by atoms with E-state index in [1.165, 1.54) is 12.3 Å². The van der Waals surface area contributed by atoms with Gasteiger partial charge in [0.05, 0.1) is 11.3 Å². The number of ether oxygens (including phenoxy) is 1. The first kappa shape index (κ1) is 22.6. The molecule has 0 fully saturated rings. The third kappa shape index (κ3) is 6.45. The van der Waals surface area contributed by atoms with Crippen molar-refractivity contribution in [3.8, 4) is 5.75 Å². The molecule has 10 heteroatoms. The number of hydrogen-bond acceptors (Lipinski definition) is 5. The number of furan rings is 1. The van der Waals surface area contributed by atoms with Crippen LogP contribution in [-0.4, -0.2) is 23.0 Å². The Morgan fingerprint density at radius 1 is 1.03 bits per heavy atom. The summed E-state index contributed by atoms with van der Waals surface area (Å²) in [5.74, 6) is -0.334. The number of carbonyl (C=O) groups excluding carboxylic acids is 2. The van der Waals surface area contributed by atoms with Crippen LogP contribution in [0.1, 0.15) is 17.5 Å². The summed E-state index contributed by atoms with van der Waals surface area (Å²) >= 11 is 17.1. The number of carbonyl (C=O) groups is 2. The van der Waals surface area contributed by atoms with Gasteiger partial charge in [-0.3, -0.25) is 14.9 Å². The maximum Gasteiger partial charge on any atom is 0.291 e. The van der Waals surface area contributed by atoms with E-state index in [4.69, 9.17) is 44.6 Å². The molecular formula is C21H17Cl2N3O4S. The Labute approximate surface area is 193 Å². The number of thiocarbonyl (C=S) groups is 1. The molecule has 0 aliphatic carbocycles. The van der Waals surface area contributed by atoms with E-state index in [2.05, 4.69) is 16.0 Å². The molecule has 3 aromatic rings. The number of anilines is 2. The van der Waals surface area contributed by atoms with E-state index in [0.29, 0.717) is 27.2 Å². The highest BCUT2D eigenvalue weighted by atomic mass is 35.5. The lowest BCUT2D eigenvalue weighted by Gasteiger charge is -2.17. The van der Waals surface area contributed by atoms with Crippen LogP contribution in [0.4, 0.5) is 11.4 Å². The summed E-state index contributed by atoms with van der Waals surface area (Å²) in [4.78, 5) is 24.5. The average molecular weight is 478 g/mol. The second-order valence-electron chi connectivity index (χ2n) is 6.29. The first-order chi connectivity index (χ1) is 14.8. The molecule has 1 heterocycles. The molecule has 0 aliphatic heterocycles. The average Bonchev–Trinajstić information content (AvgIpc) is 3.25. The van der Waals surface area contributed by atoms with Crippen molar-refractivity contribution in [2.75, 3.05) is 10.6 Å². The lowest BCUT2D eigenvalue weighted by Crippen LogP contribution is -2.42. The van der Waals surface area contributed by atoms with E-state index in [-0.39, 0.29) is 16.8 Å². The molecule has 2 aromatic carbocycles. The first-order valence-electron chi connectivity index (χ1n) is 9.00. The fourth-order valence-corrected chi connectivity index (χ4v) is 3.14. The minimum atomic E-state index is -0.864. The SMILES string of the molecule is CC(Oc1ccc(Cl)cc1Cl)C(=O)NC(=S)Nc1cccc(NC(=O)c2ccco2)c1. The predicted molar refractivity (Wildman–Crippen MR) is 124 cm³/mol. The van der Waals surface area contributed by atoms with Gasteiger partial charge in [0.1, 0.15) is 5.75 Å². The molecule has 1 unspecified atom stereocenters. The van der Waals surface area contributed by atoms with E-state index in [1.54, 1.807) is 55.5 Å². The molecule has 7 nitrogen and oxygen atoms in total. The summed E-state index contributed by atoms with van der Waals surface area (Å²) in [6.07, 6.45) is 0.553. The van der Waals surface area contributed by atoms with Crippen molar-refractivity contribution in [3.63, 3.8) is 0 Å². The van der Waals surface area contributed by atoms with E-state index >= 15 is 0 Å². The highest BCUT2D eigenvalue weighted by Crippen LogP contribution is 2.28. The van der Waals surface area contributed by atoms with Gasteiger partial charge in [0.25, 0.3) is 11.8 Å².